The summed E-state index contributed by atoms with van der Waals surface area (Å²) in [5, 5.41) is 3.52. The lowest BCUT2D eigenvalue weighted by Crippen LogP contribution is -2.31. The van der Waals surface area contributed by atoms with Gasteiger partial charge in [0.25, 0.3) is 0 Å². The van der Waals surface area contributed by atoms with Crippen molar-refractivity contribution in [1.29, 1.82) is 0 Å². The molecule has 0 aromatic rings. The summed E-state index contributed by atoms with van der Waals surface area (Å²) in [4.78, 5) is 0. The SMILES string of the molecule is C1COCCC(C2CC2)N1.Cl. The van der Waals surface area contributed by atoms with Crippen LogP contribution in [-0.2, 0) is 4.74 Å². The first-order chi connectivity index (χ1) is 4.97. The molecular weight excluding hydrogens is 162 g/mol. The second-order valence-electron chi connectivity index (χ2n) is 3.30. The Bertz CT molecular complexity index is 109. The summed E-state index contributed by atoms with van der Waals surface area (Å²) in [5.74, 6) is 0.988. The van der Waals surface area contributed by atoms with Crippen molar-refractivity contribution in [3.8, 4) is 0 Å². The van der Waals surface area contributed by atoms with Crippen LogP contribution in [0.15, 0.2) is 0 Å². The van der Waals surface area contributed by atoms with Crippen molar-refractivity contribution in [3.05, 3.63) is 0 Å². The summed E-state index contributed by atoms with van der Waals surface area (Å²) in [6, 6.07) is 0.780. The van der Waals surface area contributed by atoms with E-state index in [1.54, 1.807) is 0 Å². The Morgan fingerprint density at radius 3 is 2.64 bits per heavy atom. The van der Waals surface area contributed by atoms with Crippen LogP contribution in [0.1, 0.15) is 19.3 Å². The Hall–Kier alpha value is 0.210. The predicted molar refractivity (Wildman–Crippen MR) is 47.2 cm³/mol. The number of rotatable bonds is 1. The molecule has 0 spiro atoms. The lowest BCUT2D eigenvalue weighted by molar-refractivity contribution is 0.149. The summed E-state index contributed by atoms with van der Waals surface area (Å²) in [7, 11) is 0. The molecular formula is C8H16ClNO. The first-order valence-corrected chi connectivity index (χ1v) is 4.28. The van der Waals surface area contributed by atoms with Gasteiger partial charge in [0.1, 0.15) is 0 Å². The van der Waals surface area contributed by atoms with Gasteiger partial charge in [0, 0.05) is 19.2 Å². The smallest absolute Gasteiger partial charge is 0.0591 e. The van der Waals surface area contributed by atoms with Gasteiger partial charge in [0.05, 0.1) is 6.61 Å². The van der Waals surface area contributed by atoms with Gasteiger partial charge < -0.3 is 10.1 Å². The van der Waals surface area contributed by atoms with Gasteiger partial charge in [-0.05, 0) is 25.2 Å². The molecule has 0 aromatic heterocycles. The number of halogens is 1. The molecule has 0 bridgehead atoms. The molecule has 1 saturated heterocycles. The van der Waals surface area contributed by atoms with Gasteiger partial charge in [0.15, 0.2) is 0 Å². The van der Waals surface area contributed by atoms with Gasteiger partial charge in [-0.25, -0.2) is 0 Å². The molecule has 1 aliphatic heterocycles. The Morgan fingerprint density at radius 1 is 1.09 bits per heavy atom. The average Bonchev–Trinajstić information content (AvgIpc) is 2.76. The van der Waals surface area contributed by atoms with E-state index in [9.17, 15) is 0 Å². The zero-order chi connectivity index (χ0) is 6.81. The van der Waals surface area contributed by atoms with Gasteiger partial charge >= 0.3 is 0 Å². The van der Waals surface area contributed by atoms with Crippen LogP contribution in [0.5, 0.6) is 0 Å². The maximum atomic E-state index is 5.34. The fourth-order valence-electron chi connectivity index (χ4n) is 1.63. The molecule has 0 amide bonds. The minimum absolute atomic E-state index is 0. The van der Waals surface area contributed by atoms with Crippen molar-refractivity contribution in [3.63, 3.8) is 0 Å². The van der Waals surface area contributed by atoms with Crippen LogP contribution < -0.4 is 5.32 Å². The second kappa shape index (κ2) is 4.29. The molecule has 1 aliphatic carbocycles. The summed E-state index contributed by atoms with van der Waals surface area (Å²) in [5.41, 5.74) is 0. The highest BCUT2D eigenvalue weighted by atomic mass is 35.5. The molecule has 11 heavy (non-hydrogen) atoms. The molecule has 1 N–H and O–H groups in total. The highest BCUT2D eigenvalue weighted by molar-refractivity contribution is 5.85. The number of hydrogen-bond acceptors (Lipinski definition) is 2. The lowest BCUT2D eigenvalue weighted by Gasteiger charge is -2.12. The molecule has 0 aromatic carbocycles. The van der Waals surface area contributed by atoms with E-state index in [1.807, 2.05) is 0 Å². The maximum Gasteiger partial charge on any atom is 0.0591 e. The van der Waals surface area contributed by atoms with E-state index in [0.29, 0.717) is 0 Å². The van der Waals surface area contributed by atoms with E-state index < -0.39 is 0 Å². The van der Waals surface area contributed by atoms with Gasteiger partial charge in [0.2, 0.25) is 0 Å². The standard InChI is InChI=1S/C8H15NO.ClH/c1-2-7(1)8-3-5-10-6-4-9-8;/h7-9H,1-6H2;1H. The normalized spacial score (nSPS) is 32.2. The molecule has 0 radical (unpaired) electrons. The molecule has 1 heterocycles. The van der Waals surface area contributed by atoms with Crippen molar-refractivity contribution in [2.24, 2.45) is 5.92 Å². The van der Waals surface area contributed by atoms with Gasteiger partial charge in [-0.3, -0.25) is 0 Å². The topological polar surface area (TPSA) is 21.3 Å². The van der Waals surface area contributed by atoms with Crippen LogP contribution >= 0.6 is 12.4 Å². The zero-order valence-electron chi connectivity index (χ0n) is 6.71. The molecule has 2 aliphatic rings. The lowest BCUT2D eigenvalue weighted by atomic mass is 10.1. The molecule has 3 heteroatoms. The molecule has 1 unspecified atom stereocenters. The van der Waals surface area contributed by atoms with Crippen molar-refractivity contribution < 1.29 is 4.74 Å². The first kappa shape index (κ1) is 9.30. The average molecular weight is 178 g/mol. The van der Waals surface area contributed by atoms with Crippen LogP contribution in [0.25, 0.3) is 0 Å². The monoisotopic (exact) mass is 177 g/mol. The predicted octanol–water partition coefficient (Wildman–Crippen LogP) is 1.20. The van der Waals surface area contributed by atoms with E-state index in [4.69, 9.17) is 4.74 Å². The number of hydrogen-bond donors (Lipinski definition) is 1. The minimum atomic E-state index is 0. The molecule has 2 rings (SSSR count). The largest absolute Gasteiger partial charge is 0.380 e. The Balaban J connectivity index is 0.000000605. The summed E-state index contributed by atoms with van der Waals surface area (Å²) in [6.45, 7) is 2.93. The van der Waals surface area contributed by atoms with E-state index >= 15 is 0 Å². The molecule has 2 nitrogen and oxygen atoms in total. The van der Waals surface area contributed by atoms with Gasteiger partial charge in [-0.1, -0.05) is 0 Å². The zero-order valence-corrected chi connectivity index (χ0v) is 7.53. The third-order valence-electron chi connectivity index (χ3n) is 2.42. The summed E-state index contributed by atoms with van der Waals surface area (Å²) < 4.78 is 5.34. The Kier molecular flexibility index (Phi) is 3.63. The molecule has 1 saturated carbocycles. The van der Waals surface area contributed by atoms with Crippen LogP contribution in [0.2, 0.25) is 0 Å². The fourth-order valence-corrected chi connectivity index (χ4v) is 1.63. The summed E-state index contributed by atoms with van der Waals surface area (Å²) >= 11 is 0. The van der Waals surface area contributed by atoms with Gasteiger partial charge in [-0.2, -0.15) is 0 Å². The summed E-state index contributed by atoms with van der Waals surface area (Å²) in [6.07, 6.45) is 4.11. The van der Waals surface area contributed by atoms with E-state index in [2.05, 4.69) is 5.32 Å². The third-order valence-corrected chi connectivity index (χ3v) is 2.42. The van der Waals surface area contributed by atoms with E-state index in [1.165, 1.54) is 19.3 Å². The Labute approximate surface area is 74.1 Å². The van der Waals surface area contributed by atoms with Crippen molar-refractivity contribution in [1.82, 2.24) is 5.32 Å². The Morgan fingerprint density at radius 2 is 1.91 bits per heavy atom. The third kappa shape index (κ3) is 2.62. The van der Waals surface area contributed by atoms with Crippen LogP contribution in [-0.4, -0.2) is 25.8 Å². The van der Waals surface area contributed by atoms with Crippen molar-refractivity contribution in [2.75, 3.05) is 19.8 Å². The van der Waals surface area contributed by atoms with Crippen molar-refractivity contribution in [2.45, 2.75) is 25.3 Å². The van der Waals surface area contributed by atoms with E-state index in [-0.39, 0.29) is 12.4 Å². The van der Waals surface area contributed by atoms with Crippen molar-refractivity contribution >= 4 is 12.4 Å². The minimum Gasteiger partial charge on any atom is -0.380 e. The maximum absolute atomic E-state index is 5.34. The highest BCUT2D eigenvalue weighted by Gasteiger charge is 2.30. The van der Waals surface area contributed by atoms with Crippen LogP contribution in [0.3, 0.4) is 0 Å². The fraction of sp³-hybridized carbons (Fsp3) is 1.00. The van der Waals surface area contributed by atoms with E-state index in [0.717, 1.165) is 31.7 Å². The number of nitrogens with one attached hydrogen (secondary N) is 1. The number of ether oxygens (including phenoxy) is 1. The highest BCUT2D eigenvalue weighted by Crippen LogP contribution is 2.34. The molecule has 2 fully saturated rings. The van der Waals surface area contributed by atoms with Crippen LogP contribution in [0.4, 0.5) is 0 Å². The quantitative estimate of drug-likeness (QED) is 0.650. The molecule has 1 atom stereocenters. The van der Waals surface area contributed by atoms with Gasteiger partial charge in [-0.15, -0.1) is 12.4 Å². The second-order valence-corrected chi connectivity index (χ2v) is 3.30. The first-order valence-electron chi connectivity index (χ1n) is 4.28. The van der Waals surface area contributed by atoms with Crippen LogP contribution in [0, 0.1) is 5.92 Å². The molecule has 66 valence electrons.